The van der Waals surface area contributed by atoms with Crippen molar-refractivity contribution in [3.63, 3.8) is 0 Å². The van der Waals surface area contributed by atoms with E-state index < -0.39 is 34.0 Å². The van der Waals surface area contributed by atoms with Crippen LogP contribution in [0.25, 0.3) is 6.08 Å². The molecule has 0 aliphatic rings. The number of non-ortho nitro benzene ring substituents is 1. The Hall–Kier alpha value is -4.26. The van der Waals surface area contributed by atoms with E-state index in [-0.39, 0.29) is 23.7 Å². The molecule has 0 atom stereocenters. The zero-order valence-electron chi connectivity index (χ0n) is 16.0. The van der Waals surface area contributed by atoms with Crippen molar-refractivity contribution in [2.75, 3.05) is 11.9 Å². The van der Waals surface area contributed by atoms with E-state index in [2.05, 4.69) is 5.32 Å². The van der Waals surface area contributed by atoms with E-state index in [9.17, 15) is 29.4 Å². The summed E-state index contributed by atoms with van der Waals surface area (Å²) in [5.41, 5.74) is -0.865. The Balaban J connectivity index is 2.33. The lowest BCUT2D eigenvalue weighted by Gasteiger charge is -2.10. The molecular formula is C20H16FN3O6. The Morgan fingerprint density at radius 3 is 2.60 bits per heavy atom. The number of carbonyl (C=O) groups is 2. The summed E-state index contributed by atoms with van der Waals surface area (Å²) in [6.45, 7) is 3.23. The molecule has 0 aliphatic heterocycles. The minimum atomic E-state index is -0.959. The first-order valence-electron chi connectivity index (χ1n) is 8.57. The van der Waals surface area contributed by atoms with Gasteiger partial charge in [0, 0.05) is 19.1 Å². The summed E-state index contributed by atoms with van der Waals surface area (Å²) < 4.78 is 24.3. The van der Waals surface area contributed by atoms with Crippen LogP contribution in [0.4, 0.5) is 15.8 Å². The molecule has 10 heteroatoms. The fraction of sp³-hybridized carbons (Fsp3) is 0.150. The minimum absolute atomic E-state index is 0.170. The number of esters is 1. The van der Waals surface area contributed by atoms with Crippen LogP contribution in [0.15, 0.2) is 42.0 Å². The molecule has 0 bridgehead atoms. The predicted octanol–water partition coefficient (Wildman–Crippen LogP) is 3.60. The second-order valence-electron chi connectivity index (χ2n) is 5.78. The summed E-state index contributed by atoms with van der Waals surface area (Å²) in [6.07, 6.45) is 1.21. The Labute approximate surface area is 170 Å². The molecule has 0 heterocycles. The van der Waals surface area contributed by atoms with Gasteiger partial charge in [0.1, 0.15) is 17.5 Å². The molecule has 1 amide bonds. The van der Waals surface area contributed by atoms with Gasteiger partial charge >= 0.3 is 5.97 Å². The van der Waals surface area contributed by atoms with E-state index in [4.69, 9.17) is 9.47 Å². The van der Waals surface area contributed by atoms with Crippen molar-refractivity contribution in [1.82, 2.24) is 0 Å². The molecule has 0 saturated heterocycles. The quantitative estimate of drug-likeness (QED) is 0.183. The van der Waals surface area contributed by atoms with Crippen LogP contribution in [-0.2, 0) is 9.59 Å². The lowest BCUT2D eigenvalue weighted by atomic mass is 10.1. The Morgan fingerprint density at radius 2 is 2.00 bits per heavy atom. The topological polar surface area (TPSA) is 132 Å². The lowest BCUT2D eigenvalue weighted by Crippen LogP contribution is -2.14. The van der Waals surface area contributed by atoms with Crippen molar-refractivity contribution in [2.45, 2.75) is 13.8 Å². The highest BCUT2D eigenvalue weighted by Crippen LogP contribution is 2.30. The molecule has 30 heavy (non-hydrogen) atoms. The number of anilines is 1. The van der Waals surface area contributed by atoms with Crippen molar-refractivity contribution in [2.24, 2.45) is 0 Å². The number of hydrogen-bond donors (Lipinski definition) is 1. The fourth-order valence-electron chi connectivity index (χ4n) is 2.35. The zero-order valence-corrected chi connectivity index (χ0v) is 16.0. The van der Waals surface area contributed by atoms with Gasteiger partial charge in [0.25, 0.3) is 11.6 Å². The molecule has 0 aliphatic carbocycles. The van der Waals surface area contributed by atoms with Gasteiger partial charge in [0.2, 0.25) is 0 Å². The van der Waals surface area contributed by atoms with Gasteiger partial charge in [-0.2, -0.15) is 5.26 Å². The molecule has 0 aromatic heterocycles. The number of nitro groups is 1. The highest BCUT2D eigenvalue weighted by Gasteiger charge is 2.16. The summed E-state index contributed by atoms with van der Waals surface area (Å²) >= 11 is 0. The van der Waals surface area contributed by atoms with Crippen molar-refractivity contribution >= 4 is 29.3 Å². The third-order valence-electron chi connectivity index (χ3n) is 3.61. The van der Waals surface area contributed by atoms with Gasteiger partial charge in [0.05, 0.1) is 17.2 Å². The molecule has 0 spiro atoms. The summed E-state index contributed by atoms with van der Waals surface area (Å²) in [5, 5.41) is 22.3. The summed E-state index contributed by atoms with van der Waals surface area (Å²) in [7, 11) is 0. The maximum Gasteiger partial charge on any atom is 0.308 e. The predicted molar refractivity (Wildman–Crippen MR) is 104 cm³/mol. The first-order chi connectivity index (χ1) is 14.2. The van der Waals surface area contributed by atoms with Gasteiger partial charge in [-0.1, -0.05) is 6.07 Å². The molecule has 0 fully saturated rings. The van der Waals surface area contributed by atoms with Crippen LogP contribution in [0.1, 0.15) is 19.4 Å². The number of carbonyl (C=O) groups excluding carboxylic acids is 2. The SMILES string of the molecule is CCOc1cc(/C=C(/C#N)C(=O)Nc2cc([N+](=O)[O-])ccc2F)ccc1OC(C)=O. The average molecular weight is 413 g/mol. The van der Waals surface area contributed by atoms with Crippen LogP contribution < -0.4 is 14.8 Å². The minimum Gasteiger partial charge on any atom is -0.490 e. The van der Waals surface area contributed by atoms with Crippen LogP contribution in [0.5, 0.6) is 11.5 Å². The smallest absolute Gasteiger partial charge is 0.308 e. The van der Waals surface area contributed by atoms with Crippen LogP contribution >= 0.6 is 0 Å². The number of nitrogens with zero attached hydrogens (tertiary/aromatic N) is 2. The molecule has 9 nitrogen and oxygen atoms in total. The molecule has 0 radical (unpaired) electrons. The standard InChI is InChI=1S/C20H16FN3O6/c1-3-29-19-9-13(4-7-18(19)30-12(2)25)8-14(11-22)20(26)23-17-10-15(24(27)28)5-6-16(17)21/h4-10H,3H2,1-2H3,(H,23,26)/b14-8-. The number of nitriles is 1. The van der Waals surface area contributed by atoms with E-state index in [0.29, 0.717) is 5.56 Å². The molecule has 0 saturated carbocycles. The summed E-state index contributed by atoms with van der Waals surface area (Å²) in [6, 6.07) is 8.71. The van der Waals surface area contributed by atoms with Gasteiger partial charge in [-0.25, -0.2) is 4.39 Å². The van der Waals surface area contributed by atoms with Crippen molar-refractivity contribution < 1.29 is 28.4 Å². The number of halogens is 1. The van der Waals surface area contributed by atoms with E-state index in [1.807, 2.05) is 0 Å². The first kappa shape index (κ1) is 22.0. The maximum atomic E-state index is 13.9. The van der Waals surface area contributed by atoms with Crippen molar-refractivity contribution in [1.29, 1.82) is 5.26 Å². The number of benzene rings is 2. The first-order valence-corrected chi connectivity index (χ1v) is 8.57. The fourth-order valence-corrected chi connectivity index (χ4v) is 2.35. The van der Waals surface area contributed by atoms with E-state index in [1.165, 1.54) is 31.2 Å². The Bertz CT molecular complexity index is 1070. The van der Waals surface area contributed by atoms with Gasteiger partial charge in [0.15, 0.2) is 11.5 Å². The number of nitrogens with one attached hydrogen (secondary N) is 1. The molecule has 2 rings (SSSR count). The third-order valence-corrected chi connectivity index (χ3v) is 3.61. The highest BCUT2D eigenvalue weighted by molar-refractivity contribution is 6.09. The Morgan fingerprint density at radius 1 is 1.27 bits per heavy atom. The monoisotopic (exact) mass is 413 g/mol. The van der Waals surface area contributed by atoms with Gasteiger partial charge in [-0.15, -0.1) is 0 Å². The summed E-state index contributed by atoms with van der Waals surface area (Å²) in [4.78, 5) is 33.6. The van der Waals surface area contributed by atoms with Gasteiger partial charge in [-0.3, -0.25) is 19.7 Å². The van der Waals surface area contributed by atoms with E-state index in [0.717, 1.165) is 18.2 Å². The molecule has 2 aromatic carbocycles. The molecule has 0 unspecified atom stereocenters. The van der Waals surface area contributed by atoms with E-state index in [1.54, 1.807) is 13.0 Å². The van der Waals surface area contributed by atoms with Gasteiger partial charge < -0.3 is 14.8 Å². The molecule has 2 aromatic rings. The maximum absolute atomic E-state index is 13.9. The third kappa shape index (κ3) is 5.62. The van der Waals surface area contributed by atoms with Gasteiger partial charge in [-0.05, 0) is 36.8 Å². The van der Waals surface area contributed by atoms with Crippen LogP contribution in [0.3, 0.4) is 0 Å². The number of ether oxygens (including phenoxy) is 2. The highest BCUT2D eigenvalue weighted by atomic mass is 19.1. The van der Waals surface area contributed by atoms with Crippen LogP contribution in [0, 0.1) is 27.3 Å². The lowest BCUT2D eigenvalue weighted by molar-refractivity contribution is -0.384. The second kappa shape index (κ2) is 9.79. The summed E-state index contributed by atoms with van der Waals surface area (Å²) in [5.74, 6) is -2.00. The number of nitro benzene ring substituents is 1. The molecular weight excluding hydrogens is 397 g/mol. The van der Waals surface area contributed by atoms with Crippen LogP contribution in [0.2, 0.25) is 0 Å². The van der Waals surface area contributed by atoms with E-state index >= 15 is 0 Å². The Kier molecular flexibility index (Phi) is 7.19. The van der Waals surface area contributed by atoms with Crippen molar-refractivity contribution in [3.8, 4) is 17.6 Å². The second-order valence-corrected chi connectivity index (χ2v) is 5.78. The van der Waals surface area contributed by atoms with Crippen molar-refractivity contribution in [3.05, 3.63) is 63.5 Å². The largest absolute Gasteiger partial charge is 0.490 e. The average Bonchev–Trinajstić information content (AvgIpc) is 2.69. The van der Waals surface area contributed by atoms with Crippen LogP contribution in [-0.4, -0.2) is 23.4 Å². The number of rotatable bonds is 7. The molecule has 1 N–H and O–H groups in total. The normalized spacial score (nSPS) is 10.7. The number of amides is 1. The molecule has 154 valence electrons. The zero-order chi connectivity index (χ0) is 22.3. The number of hydrogen-bond acceptors (Lipinski definition) is 7.